The third kappa shape index (κ3) is 2.96. The first-order valence-electron chi connectivity index (χ1n) is 8.33. The van der Waals surface area contributed by atoms with Crippen LogP contribution in [-0.2, 0) is 4.79 Å². The number of carbonyl (C=O) groups is 1. The molecule has 1 N–H and O–H groups in total. The number of aryl methyl sites for hydroxylation is 1. The van der Waals surface area contributed by atoms with Gasteiger partial charge in [0.15, 0.2) is 0 Å². The predicted octanol–water partition coefficient (Wildman–Crippen LogP) is 4.70. The van der Waals surface area contributed by atoms with Gasteiger partial charge in [-0.05, 0) is 41.3 Å². The highest BCUT2D eigenvalue weighted by Crippen LogP contribution is 2.36. The molecule has 0 bridgehead atoms. The maximum Gasteiger partial charge on any atom is 0.251 e. The molecule has 2 aliphatic carbocycles. The predicted molar refractivity (Wildman–Crippen MR) is 102 cm³/mol. The van der Waals surface area contributed by atoms with Crippen molar-refractivity contribution < 1.29 is 4.79 Å². The number of anilines is 1. The first kappa shape index (κ1) is 15.3. The summed E-state index contributed by atoms with van der Waals surface area (Å²) in [6.07, 6.45) is 12.6. The summed E-state index contributed by atoms with van der Waals surface area (Å²) in [6, 6.07) is 12.0. The van der Waals surface area contributed by atoms with Crippen LogP contribution in [0.25, 0.3) is 11.6 Å². The zero-order chi connectivity index (χ0) is 17.2. The Bertz CT molecular complexity index is 977. The number of benzene rings is 1. The quantitative estimate of drug-likeness (QED) is 0.869. The van der Waals surface area contributed by atoms with Gasteiger partial charge in [0.05, 0.1) is 11.4 Å². The number of nitrogens with one attached hydrogen (secondary N) is 1. The summed E-state index contributed by atoms with van der Waals surface area (Å²) in [4.78, 5) is 16.9. The Kier molecular flexibility index (Phi) is 3.90. The molecule has 2 aliphatic rings. The van der Waals surface area contributed by atoms with E-state index in [1.807, 2.05) is 43.3 Å². The van der Waals surface area contributed by atoms with Crippen molar-refractivity contribution in [1.29, 1.82) is 0 Å². The van der Waals surface area contributed by atoms with Crippen molar-refractivity contribution in [3.8, 4) is 0 Å². The summed E-state index contributed by atoms with van der Waals surface area (Å²) in [6.45, 7) is 1.89. The van der Waals surface area contributed by atoms with Gasteiger partial charge in [0.1, 0.15) is 0 Å². The smallest absolute Gasteiger partial charge is 0.251 e. The average Bonchev–Trinajstić information content (AvgIpc) is 2.82. The van der Waals surface area contributed by atoms with Gasteiger partial charge in [-0.2, -0.15) is 0 Å². The molecule has 0 fully saturated rings. The normalized spacial score (nSPS) is 15.2. The lowest BCUT2D eigenvalue weighted by Crippen LogP contribution is -2.17. The van der Waals surface area contributed by atoms with E-state index in [1.54, 1.807) is 6.20 Å². The summed E-state index contributed by atoms with van der Waals surface area (Å²) >= 11 is 0. The lowest BCUT2D eigenvalue weighted by Gasteiger charge is -2.19. The average molecular weight is 326 g/mol. The molecule has 1 amide bonds. The minimum Gasteiger partial charge on any atom is -0.321 e. The number of pyridine rings is 1. The Morgan fingerprint density at radius 1 is 1.08 bits per heavy atom. The molecule has 0 atom stereocenters. The summed E-state index contributed by atoms with van der Waals surface area (Å²) in [5.74, 6) is -0.0752. The van der Waals surface area contributed by atoms with Crippen LogP contribution in [0.15, 0.2) is 78.0 Å². The molecular formula is C22H18N2O. The zero-order valence-electron chi connectivity index (χ0n) is 14.0. The molecule has 0 radical (unpaired) electrons. The van der Waals surface area contributed by atoms with Crippen LogP contribution in [0.1, 0.15) is 23.2 Å². The summed E-state index contributed by atoms with van der Waals surface area (Å²) < 4.78 is 0. The molecule has 0 unspecified atom stereocenters. The Hall–Kier alpha value is -3.20. The second-order valence-corrected chi connectivity index (χ2v) is 6.18. The van der Waals surface area contributed by atoms with Crippen LogP contribution < -0.4 is 5.32 Å². The highest BCUT2D eigenvalue weighted by atomic mass is 16.1. The number of aromatic nitrogens is 1. The molecule has 1 aromatic heterocycles. The maximum atomic E-state index is 12.6. The monoisotopic (exact) mass is 326 g/mol. The van der Waals surface area contributed by atoms with E-state index in [0.29, 0.717) is 6.42 Å². The van der Waals surface area contributed by atoms with E-state index in [0.717, 1.165) is 22.5 Å². The number of amides is 1. The third-order valence-electron chi connectivity index (χ3n) is 4.55. The molecule has 3 heteroatoms. The number of allylic oxidation sites excluding steroid dienone is 6. The van der Waals surface area contributed by atoms with Crippen LogP contribution in [0.3, 0.4) is 0 Å². The van der Waals surface area contributed by atoms with Crippen LogP contribution >= 0.6 is 0 Å². The largest absolute Gasteiger partial charge is 0.321 e. The molecule has 122 valence electrons. The van der Waals surface area contributed by atoms with Crippen molar-refractivity contribution >= 4 is 23.2 Å². The lowest BCUT2D eigenvalue weighted by molar-refractivity contribution is -0.112. The summed E-state index contributed by atoms with van der Waals surface area (Å²) in [5.41, 5.74) is 7.09. The number of nitrogens with zero attached hydrogens (tertiary/aromatic N) is 1. The fraction of sp³-hybridized carbons (Fsp3) is 0.0909. The number of rotatable bonds is 2. The molecule has 1 aromatic carbocycles. The summed E-state index contributed by atoms with van der Waals surface area (Å²) in [5, 5.41) is 2.97. The minimum atomic E-state index is -0.0752. The van der Waals surface area contributed by atoms with E-state index in [-0.39, 0.29) is 5.91 Å². The van der Waals surface area contributed by atoms with Crippen molar-refractivity contribution in [2.75, 3.05) is 5.32 Å². The molecular weight excluding hydrogens is 308 g/mol. The van der Waals surface area contributed by atoms with Crippen molar-refractivity contribution in [2.24, 2.45) is 0 Å². The highest BCUT2D eigenvalue weighted by molar-refractivity contribution is 6.06. The molecule has 0 spiro atoms. The second kappa shape index (κ2) is 6.36. The van der Waals surface area contributed by atoms with Gasteiger partial charge in [0.25, 0.3) is 5.91 Å². The van der Waals surface area contributed by atoms with Gasteiger partial charge in [-0.25, -0.2) is 0 Å². The first-order chi connectivity index (χ1) is 12.2. The van der Waals surface area contributed by atoms with Crippen LogP contribution in [-0.4, -0.2) is 10.9 Å². The molecule has 1 heterocycles. The molecule has 25 heavy (non-hydrogen) atoms. The molecule has 3 nitrogen and oxygen atoms in total. The van der Waals surface area contributed by atoms with Gasteiger partial charge < -0.3 is 5.32 Å². The number of carbonyl (C=O) groups excluding carboxylic acids is 1. The van der Waals surface area contributed by atoms with Gasteiger partial charge in [0, 0.05) is 18.2 Å². The van der Waals surface area contributed by atoms with Crippen molar-refractivity contribution in [3.05, 3.63) is 94.9 Å². The summed E-state index contributed by atoms with van der Waals surface area (Å²) in [7, 11) is 0. The van der Waals surface area contributed by atoms with Crippen LogP contribution in [0, 0.1) is 6.92 Å². The van der Waals surface area contributed by atoms with E-state index in [1.165, 1.54) is 16.7 Å². The maximum absolute atomic E-state index is 12.6. The topological polar surface area (TPSA) is 42.0 Å². The highest BCUT2D eigenvalue weighted by Gasteiger charge is 2.20. The Morgan fingerprint density at radius 2 is 1.96 bits per heavy atom. The Balaban J connectivity index is 1.65. The van der Waals surface area contributed by atoms with E-state index in [4.69, 9.17) is 0 Å². The minimum absolute atomic E-state index is 0.0752. The standard InChI is InChI=1S/C22H18N2O/c1-15-21(10-5-13-23-15)24-22(25)18-11-12-20-17(14-18)8-4-7-16-6-2-3-9-19(16)20/h2-13H,14H2,1H3,(H,24,25). The molecule has 0 aliphatic heterocycles. The van der Waals surface area contributed by atoms with E-state index >= 15 is 0 Å². The number of hydrogen-bond donors (Lipinski definition) is 1. The Labute approximate surface area is 147 Å². The molecule has 0 saturated heterocycles. The first-order valence-corrected chi connectivity index (χ1v) is 8.33. The SMILES string of the molecule is Cc1ncccc1NC(=O)C1=CC=C2C(=CC=Cc3ccccc32)C1. The third-order valence-corrected chi connectivity index (χ3v) is 4.55. The van der Waals surface area contributed by atoms with Gasteiger partial charge in [-0.3, -0.25) is 9.78 Å². The van der Waals surface area contributed by atoms with Gasteiger partial charge >= 0.3 is 0 Å². The van der Waals surface area contributed by atoms with Gasteiger partial charge in [-0.1, -0.05) is 54.6 Å². The van der Waals surface area contributed by atoms with Crippen molar-refractivity contribution in [3.63, 3.8) is 0 Å². The number of hydrogen-bond acceptors (Lipinski definition) is 2. The second-order valence-electron chi connectivity index (χ2n) is 6.18. The van der Waals surface area contributed by atoms with Crippen molar-refractivity contribution in [2.45, 2.75) is 13.3 Å². The fourth-order valence-electron chi connectivity index (χ4n) is 3.19. The van der Waals surface area contributed by atoms with Gasteiger partial charge in [-0.15, -0.1) is 0 Å². The molecule has 2 aromatic rings. The van der Waals surface area contributed by atoms with Crippen LogP contribution in [0.5, 0.6) is 0 Å². The van der Waals surface area contributed by atoms with E-state index in [9.17, 15) is 4.79 Å². The van der Waals surface area contributed by atoms with Crippen LogP contribution in [0.2, 0.25) is 0 Å². The molecule has 0 saturated carbocycles. The lowest BCUT2D eigenvalue weighted by atomic mass is 9.87. The van der Waals surface area contributed by atoms with Gasteiger partial charge in [0.2, 0.25) is 0 Å². The fourth-order valence-corrected chi connectivity index (χ4v) is 3.19. The molecule has 4 rings (SSSR count). The van der Waals surface area contributed by atoms with E-state index < -0.39 is 0 Å². The number of fused-ring (bicyclic) bond motifs is 3. The van der Waals surface area contributed by atoms with E-state index in [2.05, 4.69) is 40.7 Å². The van der Waals surface area contributed by atoms with Crippen molar-refractivity contribution in [1.82, 2.24) is 4.98 Å². The Morgan fingerprint density at radius 3 is 2.84 bits per heavy atom. The van der Waals surface area contributed by atoms with Crippen LogP contribution in [0.4, 0.5) is 5.69 Å². The zero-order valence-corrected chi connectivity index (χ0v) is 14.0.